The van der Waals surface area contributed by atoms with Crippen molar-refractivity contribution in [3.05, 3.63) is 37.9 Å². The van der Waals surface area contributed by atoms with Gasteiger partial charge in [0.25, 0.3) is 11.6 Å². The Morgan fingerprint density at radius 2 is 1.90 bits per heavy atom. The highest BCUT2D eigenvalue weighted by atomic mass is 35.5. The first-order valence-electron chi connectivity index (χ1n) is 6.82. The first-order valence-corrected chi connectivity index (χ1v) is 7.58. The van der Waals surface area contributed by atoms with E-state index in [9.17, 15) is 14.9 Å². The lowest BCUT2D eigenvalue weighted by molar-refractivity contribution is -0.384. The molecular weight excluding hydrogens is 315 g/mol. The Morgan fingerprint density at radius 3 is 2.48 bits per heavy atom. The van der Waals surface area contributed by atoms with Gasteiger partial charge < -0.3 is 4.90 Å². The Kier molecular flexibility index (Phi) is 5.06. The summed E-state index contributed by atoms with van der Waals surface area (Å²) in [4.78, 5) is 24.5. The van der Waals surface area contributed by atoms with E-state index >= 15 is 0 Å². The van der Waals surface area contributed by atoms with Gasteiger partial charge in [-0.3, -0.25) is 14.9 Å². The molecule has 0 bridgehead atoms. The minimum atomic E-state index is -0.584. The van der Waals surface area contributed by atoms with Crippen LogP contribution in [0.15, 0.2) is 12.1 Å². The van der Waals surface area contributed by atoms with E-state index in [0.29, 0.717) is 0 Å². The summed E-state index contributed by atoms with van der Waals surface area (Å²) in [6.07, 6.45) is 5.25. The molecule has 21 heavy (non-hydrogen) atoms. The minimum Gasteiger partial charge on any atom is -0.339 e. The number of nitro groups is 1. The van der Waals surface area contributed by atoms with Crippen LogP contribution in [0.3, 0.4) is 0 Å². The number of benzene rings is 1. The van der Waals surface area contributed by atoms with E-state index in [0.717, 1.165) is 31.7 Å². The van der Waals surface area contributed by atoms with Crippen LogP contribution in [-0.2, 0) is 0 Å². The number of hydrogen-bond acceptors (Lipinski definition) is 3. The van der Waals surface area contributed by atoms with Gasteiger partial charge in [-0.2, -0.15) is 0 Å². The number of amides is 1. The predicted molar refractivity (Wildman–Crippen MR) is 82.1 cm³/mol. The normalized spacial score (nSPS) is 15.8. The summed E-state index contributed by atoms with van der Waals surface area (Å²) < 4.78 is 0. The van der Waals surface area contributed by atoms with Crippen molar-refractivity contribution in [3.63, 3.8) is 0 Å². The van der Waals surface area contributed by atoms with E-state index in [1.54, 1.807) is 11.9 Å². The Balaban J connectivity index is 2.31. The Hall–Kier alpha value is -1.33. The van der Waals surface area contributed by atoms with Gasteiger partial charge >= 0.3 is 0 Å². The minimum absolute atomic E-state index is 0.0197. The average molecular weight is 331 g/mol. The molecule has 1 aromatic rings. The lowest BCUT2D eigenvalue weighted by Crippen LogP contribution is -2.38. The second-order valence-corrected chi connectivity index (χ2v) is 6.04. The number of nitrogens with zero attached hydrogens (tertiary/aromatic N) is 2. The molecule has 0 saturated heterocycles. The fourth-order valence-electron chi connectivity index (χ4n) is 2.66. The van der Waals surface area contributed by atoms with Crippen molar-refractivity contribution in [2.24, 2.45) is 0 Å². The molecule has 2 rings (SSSR count). The van der Waals surface area contributed by atoms with Gasteiger partial charge in [-0.05, 0) is 12.8 Å². The largest absolute Gasteiger partial charge is 0.339 e. The third kappa shape index (κ3) is 3.47. The van der Waals surface area contributed by atoms with Gasteiger partial charge in [0.05, 0.1) is 20.5 Å². The van der Waals surface area contributed by atoms with Crippen LogP contribution in [0, 0.1) is 10.1 Å². The lowest BCUT2D eigenvalue weighted by Gasteiger charge is -2.31. The van der Waals surface area contributed by atoms with Crippen molar-refractivity contribution in [1.29, 1.82) is 0 Å². The molecule has 1 aliphatic carbocycles. The summed E-state index contributed by atoms with van der Waals surface area (Å²) in [7, 11) is 1.71. The Morgan fingerprint density at radius 1 is 1.29 bits per heavy atom. The number of hydrogen-bond donors (Lipinski definition) is 0. The fourth-order valence-corrected chi connectivity index (χ4v) is 3.06. The van der Waals surface area contributed by atoms with E-state index in [1.165, 1.54) is 12.5 Å². The van der Waals surface area contributed by atoms with Gasteiger partial charge in [0.2, 0.25) is 0 Å². The van der Waals surface area contributed by atoms with Crippen molar-refractivity contribution in [2.45, 2.75) is 38.1 Å². The predicted octanol–water partition coefficient (Wildman–Crippen LogP) is 4.31. The molecule has 0 unspecified atom stereocenters. The maximum Gasteiger partial charge on any atom is 0.271 e. The third-order valence-electron chi connectivity index (χ3n) is 3.90. The fraction of sp³-hybridized carbons (Fsp3) is 0.500. The number of carbonyl (C=O) groups excluding carboxylic acids is 1. The van der Waals surface area contributed by atoms with E-state index in [4.69, 9.17) is 23.2 Å². The molecule has 1 aromatic carbocycles. The molecule has 0 aromatic heterocycles. The van der Waals surface area contributed by atoms with E-state index < -0.39 is 4.92 Å². The monoisotopic (exact) mass is 330 g/mol. The van der Waals surface area contributed by atoms with Crippen molar-refractivity contribution in [3.8, 4) is 0 Å². The van der Waals surface area contributed by atoms with Crippen LogP contribution in [0.4, 0.5) is 5.69 Å². The zero-order valence-electron chi connectivity index (χ0n) is 11.6. The maximum absolute atomic E-state index is 12.6. The molecule has 1 aliphatic rings. The first-order chi connectivity index (χ1) is 9.91. The SMILES string of the molecule is CN(C(=O)c1cc([N+](=O)[O-])cc(Cl)c1Cl)C1CCCCC1. The van der Waals surface area contributed by atoms with Gasteiger partial charge in [0, 0.05) is 25.2 Å². The van der Waals surface area contributed by atoms with Crippen LogP contribution in [-0.4, -0.2) is 28.8 Å². The summed E-state index contributed by atoms with van der Waals surface area (Å²) in [5, 5.41) is 11.0. The molecular formula is C14H16Cl2N2O3. The summed E-state index contributed by atoms with van der Waals surface area (Å²) in [5.74, 6) is -0.322. The van der Waals surface area contributed by atoms with Gasteiger partial charge in [-0.25, -0.2) is 0 Å². The van der Waals surface area contributed by atoms with Crippen LogP contribution >= 0.6 is 23.2 Å². The van der Waals surface area contributed by atoms with Crippen LogP contribution < -0.4 is 0 Å². The number of halogens is 2. The highest BCUT2D eigenvalue weighted by Gasteiger charge is 2.27. The molecule has 1 amide bonds. The zero-order valence-corrected chi connectivity index (χ0v) is 13.2. The van der Waals surface area contributed by atoms with E-state index in [2.05, 4.69) is 0 Å². The number of nitro benzene ring substituents is 1. The highest BCUT2D eigenvalue weighted by Crippen LogP contribution is 2.32. The second kappa shape index (κ2) is 6.62. The first kappa shape index (κ1) is 16.0. The number of carbonyl (C=O) groups is 1. The van der Waals surface area contributed by atoms with Gasteiger partial charge in [0.1, 0.15) is 0 Å². The third-order valence-corrected chi connectivity index (χ3v) is 4.70. The molecule has 1 saturated carbocycles. The molecule has 0 N–H and O–H groups in total. The van der Waals surface area contributed by atoms with Crippen molar-refractivity contribution >= 4 is 34.8 Å². The van der Waals surface area contributed by atoms with E-state index in [1.807, 2.05) is 0 Å². The summed E-state index contributed by atoms with van der Waals surface area (Å²) in [5.41, 5.74) is -0.145. The molecule has 114 valence electrons. The maximum atomic E-state index is 12.6. The Bertz CT molecular complexity index is 572. The molecule has 0 spiro atoms. The second-order valence-electron chi connectivity index (χ2n) is 5.25. The van der Waals surface area contributed by atoms with Gasteiger partial charge in [-0.1, -0.05) is 42.5 Å². The molecule has 0 radical (unpaired) electrons. The molecule has 0 aliphatic heterocycles. The quantitative estimate of drug-likeness (QED) is 0.612. The zero-order chi connectivity index (χ0) is 15.6. The highest BCUT2D eigenvalue weighted by molar-refractivity contribution is 6.44. The van der Waals surface area contributed by atoms with Gasteiger partial charge in [-0.15, -0.1) is 0 Å². The van der Waals surface area contributed by atoms with Crippen LogP contribution in [0.5, 0.6) is 0 Å². The molecule has 1 fully saturated rings. The van der Waals surface area contributed by atoms with Crippen LogP contribution in [0.25, 0.3) is 0 Å². The standard InChI is InChI=1S/C14H16Cl2N2O3/c1-17(9-5-3-2-4-6-9)14(19)11-7-10(18(20)21)8-12(15)13(11)16/h7-9H,2-6H2,1H3. The lowest BCUT2D eigenvalue weighted by atomic mass is 9.94. The molecule has 7 heteroatoms. The molecule has 0 atom stereocenters. The summed E-state index contributed by atoms with van der Waals surface area (Å²) >= 11 is 11.9. The summed E-state index contributed by atoms with van der Waals surface area (Å²) in [6.45, 7) is 0. The van der Waals surface area contributed by atoms with Crippen molar-refractivity contribution in [1.82, 2.24) is 4.90 Å². The van der Waals surface area contributed by atoms with Crippen molar-refractivity contribution < 1.29 is 9.72 Å². The van der Waals surface area contributed by atoms with E-state index in [-0.39, 0.29) is 33.2 Å². The molecule has 0 heterocycles. The summed E-state index contributed by atoms with van der Waals surface area (Å²) in [6, 6.07) is 2.50. The van der Waals surface area contributed by atoms with Crippen LogP contribution in [0.1, 0.15) is 42.5 Å². The molecule has 5 nitrogen and oxygen atoms in total. The number of rotatable bonds is 3. The van der Waals surface area contributed by atoms with Crippen LogP contribution in [0.2, 0.25) is 10.0 Å². The average Bonchev–Trinajstić information content (AvgIpc) is 2.49. The topological polar surface area (TPSA) is 63.5 Å². The smallest absolute Gasteiger partial charge is 0.271 e. The van der Waals surface area contributed by atoms with Crippen molar-refractivity contribution in [2.75, 3.05) is 7.05 Å². The van der Waals surface area contributed by atoms with Gasteiger partial charge in [0.15, 0.2) is 0 Å². The number of non-ortho nitro benzene ring substituents is 1. The Labute approximate surface area is 133 Å².